The summed E-state index contributed by atoms with van der Waals surface area (Å²) in [5.41, 5.74) is 0.0490. The third-order valence-corrected chi connectivity index (χ3v) is 3.58. The van der Waals surface area contributed by atoms with Gasteiger partial charge in [0.2, 0.25) is 5.91 Å². The molecule has 0 aliphatic rings. The van der Waals surface area contributed by atoms with Gasteiger partial charge in [-0.05, 0) is 43.9 Å². The number of aliphatic carboxylic acids is 1. The summed E-state index contributed by atoms with van der Waals surface area (Å²) in [5, 5.41) is 11.7. The zero-order chi connectivity index (χ0) is 16.0. The number of benzene rings is 1. The summed E-state index contributed by atoms with van der Waals surface area (Å²) in [4.78, 5) is 22.8. The van der Waals surface area contributed by atoms with Gasteiger partial charge in [0, 0.05) is 13.0 Å². The van der Waals surface area contributed by atoms with Gasteiger partial charge in [-0.1, -0.05) is 19.1 Å². The van der Waals surface area contributed by atoms with Crippen LogP contribution >= 0.6 is 0 Å². The van der Waals surface area contributed by atoms with E-state index < -0.39 is 11.4 Å². The van der Waals surface area contributed by atoms with Gasteiger partial charge in [-0.25, -0.2) is 4.39 Å². The lowest BCUT2D eigenvalue weighted by atomic mass is 9.89. The highest BCUT2D eigenvalue weighted by molar-refractivity contribution is 5.77. The van der Waals surface area contributed by atoms with Gasteiger partial charge in [0.25, 0.3) is 0 Å². The van der Waals surface area contributed by atoms with E-state index in [4.69, 9.17) is 5.11 Å². The Labute approximate surface area is 124 Å². The van der Waals surface area contributed by atoms with Crippen molar-refractivity contribution in [1.29, 1.82) is 0 Å². The molecule has 0 aliphatic heterocycles. The van der Waals surface area contributed by atoms with Crippen molar-refractivity contribution in [2.75, 3.05) is 6.54 Å². The molecule has 0 saturated heterocycles. The summed E-state index contributed by atoms with van der Waals surface area (Å²) in [6.45, 7) is 5.48. The normalized spacial score (nSPS) is 12.8. The molecule has 0 heterocycles. The van der Waals surface area contributed by atoms with E-state index in [1.165, 1.54) is 12.1 Å². The molecule has 1 rings (SSSR count). The summed E-state index contributed by atoms with van der Waals surface area (Å²) >= 11 is 0. The van der Waals surface area contributed by atoms with Gasteiger partial charge in [-0.2, -0.15) is 0 Å². The Balaban J connectivity index is 2.40. The molecule has 0 bridgehead atoms. The molecule has 0 spiro atoms. The molecule has 21 heavy (non-hydrogen) atoms. The van der Waals surface area contributed by atoms with Gasteiger partial charge in [-0.15, -0.1) is 0 Å². The second-order valence-electron chi connectivity index (χ2n) is 5.95. The fourth-order valence-corrected chi connectivity index (χ4v) is 1.88. The molecule has 0 fully saturated rings. The van der Waals surface area contributed by atoms with Crippen molar-refractivity contribution in [2.24, 2.45) is 5.41 Å². The minimum absolute atomic E-state index is 0.0157. The van der Waals surface area contributed by atoms with E-state index in [0.29, 0.717) is 19.4 Å². The third kappa shape index (κ3) is 5.53. The molecule has 1 aromatic rings. The first kappa shape index (κ1) is 17.1. The fourth-order valence-electron chi connectivity index (χ4n) is 1.88. The number of nitrogens with one attached hydrogen (secondary N) is 1. The van der Waals surface area contributed by atoms with Crippen molar-refractivity contribution >= 4 is 11.9 Å². The highest BCUT2D eigenvalue weighted by Gasteiger charge is 2.26. The summed E-state index contributed by atoms with van der Waals surface area (Å²) in [6.07, 6.45) is 0.665. The lowest BCUT2D eigenvalue weighted by Crippen LogP contribution is -2.32. The average molecular weight is 295 g/mol. The molecule has 1 atom stereocenters. The maximum atomic E-state index is 12.8. The number of amides is 1. The number of hydrogen-bond donors (Lipinski definition) is 2. The molecule has 5 heteroatoms. The van der Waals surface area contributed by atoms with E-state index in [2.05, 4.69) is 5.32 Å². The Bertz CT molecular complexity index is 497. The van der Waals surface area contributed by atoms with E-state index >= 15 is 0 Å². The largest absolute Gasteiger partial charge is 0.481 e. The van der Waals surface area contributed by atoms with Crippen LogP contribution in [0, 0.1) is 11.2 Å². The van der Waals surface area contributed by atoms with Crippen molar-refractivity contribution in [2.45, 2.75) is 39.5 Å². The first-order valence-corrected chi connectivity index (χ1v) is 6.98. The minimum atomic E-state index is -0.878. The second kappa shape index (κ2) is 7.20. The zero-order valence-corrected chi connectivity index (χ0v) is 12.6. The van der Waals surface area contributed by atoms with E-state index in [1.807, 2.05) is 6.92 Å². The van der Waals surface area contributed by atoms with E-state index in [-0.39, 0.29) is 17.6 Å². The van der Waals surface area contributed by atoms with Crippen molar-refractivity contribution in [3.05, 3.63) is 35.6 Å². The molecule has 4 nitrogen and oxygen atoms in total. The molecular formula is C16H22FNO3. The van der Waals surface area contributed by atoms with Crippen LogP contribution in [0.4, 0.5) is 4.39 Å². The van der Waals surface area contributed by atoms with Crippen LogP contribution in [0.2, 0.25) is 0 Å². The van der Waals surface area contributed by atoms with Crippen LogP contribution < -0.4 is 5.32 Å². The highest BCUT2D eigenvalue weighted by atomic mass is 19.1. The summed E-state index contributed by atoms with van der Waals surface area (Å²) < 4.78 is 12.8. The van der Waals surface area contributed by atoms with E-state index in [0.717, 1.165) is 5.56 Å². The van der Waals surface area contributed by atoms with Crippen molar-refractivity contribution in [1.82, 2.24) is 5.32 Å². The lowest BCUT2D eigenvalue weighted by Gasteiger charge is -2.19. The van der Waals surface area contributed by atoms with Gasteiger partial charge >= 0.3 is 5.97 Å². The third-order valence-electron chi connectivity index (χ3n) is 3.58. The Hall–Kier alpha value is -1.91. The molecule has 0 aliphatic carbocycles. The lowest BCUT2D eigenvalue weighted by molar-refractivity contribution is -0.147. The number of halogens is 1. The number of carboxylic acids is 1. The van der Waals surface area contributed by atoms with Gasteiger partial charge < -0.3 is 10.4 Å². The summed E-state index contributed by atoms with van der Waals surface area (Å²) in [6, 6.07) is 6.08. The number of carboxylic acid groups (broad SMARTS) is 1. The Morgan fingerprint density at radius 2 is 1.86 bits per heavy atom. The zero-order valence-electron chi connectivity index (χ0n) is 12.6. The van der Waals surface area contributed by atoms with Gasteiger partial charge in [0.1, 0.15) is 5.82 Å². The first-order chi connectivity index (χ1) is 9.72. The van der Waals surface area contributed by atoms with Crippen LogP contribution in [0.5, 0.6) is 0 Å². The molecule has 0 saturated carbocycles. The Morgan fingerprint density at radius 3 is 2.38 bits per heavy atom. The molecule has 1 aromatic carbocycles. The van der Waals surface area contributed by atoms with Crippen LogP contribution in [-0.2, 0) is 9.59 Å². The monoisotopic (exact) mass is 295 g/mol. The summed E-state index contributed by atoms with van der Waals surface area (Å²) in [5.74, 6) is -1.33. The number of rotatable bonds is 7. The van der Waals surface area contributed by atoms with E-state index in [1.54, 1.807) is 26.0 Å². The van der Waals surface area contributed by atoms with E-state index in [9.17, 15) is 14.0 Å². The molecule has 2 N–H and O–H groups in total. The smallest absolute Gasteiger partial charge is 0.309 e. The van der Waals surface area contributed by atoms with Crippen LogP contribution in [-0.4, -0.2) is 23.5 Å². The maximum absolute atomic E-state index is 12.8. The maximum Gasteiger partial charge on any atom is 0.309 e. The Kier molecular flexibility index (Phi) is 5.88. The SMILES string of the molecule is CC(CC(=O)NCCC(C)(C)C(=O)O)c1ccc(F)cc1. The molecule has 1 unspecified atom stereocenters. The Morgan fingerprint density at radius 1 is 1.29 bits per heavy atom. The average Bonchev–Trinajstić information content (AvgIpc) is 2.38. The van der Waals surface area contributed by atoms with Gasteiger partial charge in [-0.3, -0.25) is 9.59 Å². The number of carbonyl (C=O) groups excluding carboxylic acids is 1. The predicted molar refractivity (Wildman–Crippen MR) is 78.5 cm³/mol. The topological polar surface area (TPSA) is 66.4 Å². The second-order valence-corrected chi connectivity index (χ2v) is 5.95. The van der Waals surface area contributed by atoms with Gasteiger partial charge in [0.15, 0.2) is 0 Å². The molecule has 1 amide bonds. The van der Waals surface area contributed by atoms with Crippen molar-refractivity contribution in [3.63, 3.8) is 0 Å². The number of carbonyl (C=O) groups is 2. The molecular weight excluding hydrogens is 273 g/mol. The van der Waals surface area contributed by atoms with Gasteiger partial charge in [0.05, 0.1) is 5.41 Å². The number of hydrogen-bond acceptors (Lipinski definition) is 2. The summed E-state index contributed by atoms with van der Waals surface area (Å²) in [7, 11) is 0. The quantitative estimate of drug-likeness (QED) is 0.812. The predicted octanol–water partition coefficient (Wildman–Crippen LogP) is 2.94. The molecule has 0 radical (unpaired) electrons. The van der Waals surface area contributed by atoms with Crippen LogP contribution in [0.1, 0.15) is 45.1 Å². The van der Waals surface area contributed by atoms with Crippen LogP contribution in [0.25, 0.3) is 0 Å². The van der Waals surface area contributed by atoms with Crippen LogP contribution in [0.3, 0.4) is 0 Å². The first-order valence-electron chi connectivity index (χ1n) is 6.98. The standard InChI is InChI=1S/C16H22FNO3/c1-11(12-4-6-13(17)7-5-12)10-14(19)18-9-8-16(2,3)15(20)21/h4-7,11H,8-10H2,1-3H3,(H,18,19)(H,20,21). The molecule has 116 valence electrons. The van der Waals surface area contributed by atoms with Crippen molar-refractivity contribution < 1.29 is 19.1 Å². The van der Waals surface area contributed by atoms with Crippen LogP contribution in [0.15, 0.2) is 24.3 Å². The minimum Gasteiger partial charge on any atom is -0.481 e. The highest BCUT2D eigenvalue weighted by Crippen LogP contribution is 2.21. The molecule has 0 aromatic heterocycles. The van der Waals surface area contributed by atoms with Crippen molar-refractivity contribution in [3.8, 4) is 0 Å². The fraction of sp³-hybridized carbons (Fsp3) is 0.500.